The van der Waals surface area contributed by atoms with E-state index in [2.05, 4.69) is 15.3 Å². The molecule has 2 atom stereocenters. The van der Waals surface area contributed by atoms with Crippen molar-refractivity contribution in [3.63, 3.8) is 0 Å². The Morgan fingerprint density at radius 1 is 1.48 bits per heavy atom. The zero-order chi connectivity index (χ0) is 21.4. The van der Waals surface area contributed by atoms with Crippen LogP contribution in [-0.4, -0.2) is 64.9 Å². The van der Waals surface area contributed by atoms with Crippen molar-refractivity contribution in [2.45, 2.75) is 56.7 Å². The van der Waals surface area contributed by atoms with E-state index in [9.17, 15) is 18.8 Å². The van der Waals surface area contributed by atoms with Crippen molar-refractivity contribution in [1.82, 2.24) is 14.3 Å². The third-order valence-electron chi connectivity index (χ3n) is 4.89. The predicted octanol–water partition coefficient (Wildman–Crippen LogP) is 0.866. The number of aromatic nitrogens is 2. The summed E-state index contributed by atoms with van der Waals surface area (Å²) in [6, 6.07) is 1.91. The lowest BCUT2D eigenvalue weighted by molar-refractivity contribution is -0.0271. The Morgan fingerprint density at radius 2 is 2.19 bits per heavy atom. The number of aliphatic hydroxyl groups is 1. The highest BCUT2D eigenvalue weighted by atomic mass is 32.2. The topological polar surface area (TPSA) is 128 Å². The Bertz CT molecular complexity index is 911. The van der Waals surface area contributed by atoms with Crippen LogP contribution in [0.4, 0.5) is 5.95 Å². The molecule has 0 spiro atoms. The molecule has 3 rings (SSSR count). The van der Waals surface area contributed by atoms with Crippen LogP contribution < -0.4 is 10.1 Å². The number of hydrogen-bond acceptors (Lipinski definition) is 8. The largest absolute Gasteiger partial charge is 0.470 e. The lowest BCUT2D eigenvalue weighted by Gasteiger charge is -2.30. The Kier molecular flexibility index (Phi) is 4.82. The summed E-state index contributed by atoms with van der Waals surface area (Å²) in [5, 5.41) is 22.9. The zero-order valence-corrected chi connectivity index (χ0v) is 16.2. The maximum Gasteiger partial charge on any atom is 0.236 e. The number of piperidine rings is 1. The van der Waals surface area contributed by atoms with Gasteiger partial charge in [-0.15, -0.1) is 0 Å². The molecule has 0 unspecified atom stereocenters. The highest BCUT2D eigenvalue weighted by Gasteiger charge is 2.39. The van der Waals surface area contributed by atoms with E-state index in [4.69, 9.17) is 7.48 Å². The van der Waals surface area contributed by atoms with Gasteiger partial charge in [0, 0.05) is 21.9 Å². The molecule has 1 aliphatic heterocycles. The van der Waals surface area contributed by atoms with Crippen LogP contribution in [-0.2, 0) is 10.0 Å². The molecule has 0 aromatic carbocycles. The molecular weight excluding hydrogens is 370 g/mol. The van der Waals surface area contributed by atoms with Crippen LogP contribution in [0, 0.1) is 11.3 Å². The first-order valence-electron chi connectivity index (χ1n) is 9.77. The molecule has 27 heavy (non-hydrogen) atoms. The summed E-state index contributed by atoms with van der Waals surface area (Å²) in [5.74, 6) is 0.221. The quantitative estimate of drug-likeness (QED) is 0.749. The fraction of sp³-hybridized carbons (Fsp3) is 0.706. The lowest BCUT2D eigenvalue weighted by Crippen LogP contribution is -2.42. The molecule has 0 amide bonds. The van der Waals surface area contributed by atoms with Crippen molar-refractivity contribution < 1.29 is 21.0 Å². The SMILES string of the molecule is [2H]C1([2H])C[C@H](Oc2nc(NC3CCN(S(C)(=O)=O)CC3)ncc2C#N)[C@](C)(O)C1. The molecule has 1 aromatic heterocycles. The third-order valence-corrected chi connectivity index (χ3v) is 6.19. The molecule has 1 aliphatic carbocycles. The van der Waals surface area contributed by atoms with Gasteiger partial charge in [-0.2, -0.15) is 10.2 Å². The predicted molar refractivity (Wildman–Crippen MR) is 98.7 cm³/mol. The number of nitriles is 1. The molecule has 2 fully saturated rings. The molecule has 2 N–H and O–H groups in total. The van der Waals surface area contributed by atoms with Crippen LogP contribution in [0.15, 0.2) is 6.20 Å². The van der Waals surface area contributed by atoms with Crippen LogP contribution in [0.5, 0.6) is 5.88 Å². The van der Waals surface area contributed by atoms with Crippen molar-refractivity contribution in [3.8, 4) is 11.9 Å². The van der Waals surface area contributed by atoms with E-state index in [-0.39, 0.29) is 36.3 Å². The molecular formula is C17H25N5O4S. The summed E-state index contributed by atoms with van der Waals surface area (Å²) in [4.78, 5) is 8.37. The van der Waals surface area contributed by atoms with Gasteiger partial charge in [-0.3, -0.25) is 0 Å². The third kappa shape index (κ3) is 4.66. The van der Waals surface area contributed by atoms with Crippen LogP contribution in [0.1, 0.15) is 47.3 Å². The second kappa shape index (κ2) is 7.58. The Hall–Kier alpha value is -1.96. The maximum atomic E-state index is 11.6. The maximum absolute atomic E-state index is 11.6. The van der Waals surface area contributed by atoms with Gasteiger partial charge in [0.2, 0.25) is 21.9 Å². The van der Waals surface area contributed by atoms with E-state index in [1.807, 2.05) is 6.07 Å². The summed E-state index contributed by atoms with van der Waals surface area (Å²) >= 11 is 0. The van der Waals surface area contributed by atoms with Gasteiger partial charge in [0.05, 0.1) is 18.1 Å². The smallest absolute Gasteiger partial charge is 0.236 e. The minimum absolute atomic E-state index is 0.0123. The van der Waals surface area contributed by atoms with E-state index in [0.717, 1.165) is 0 Å². The van der Waals surface area contributed by atoms with E-state index in [1.165, 1.54) is 23.7 Å². The zero-order valence-electron chi connectivity index (χ0n) is 17.3. The first-order chi connectivity index (χ1) is 13.4. The highest BCUT2D eigenvalue weighted by Crippen LogP contribution is 2.33. The number of anilines is 1. The minimum atomic E-state index is -3.21. The van der Waals surface area contributed by atoms with E-state index >= 15 is 0 Å². The Labute approximate surface area is 162 Å². The van der Waals surface area contributed by atoms with E-state index < -0.39 is 28.1 Å². The summed E-state index contributed by atoms with van der Waals surface area (Å²) in [7, 11) is -3.21. The van der Waals surface area contributed by atoms with Crippen LogP contribution in [0.3, 0.4) is 0 Å². The molecule has 1 aromatic rings. The molecule has 0 radical (unpaired) electrons. The van der Waals surface area contributed by atoms with Gasteiger partial charge in [-0.25, -0.2) is 17.7 Å². The van der Waals surface area contributed by atoms with Gasteiger partial charge in [-0.05, 0) is 39.0 Å². The van der Waals surface area contributed by atoms with Gasteiger partial charge in [0.25, 0.3) is 0 Å². The van der Waals surface area contributed by atoms with Gasteiger partial charge >= 0.3 is 0 Å². The average Bonchev–Trinajstić information content (AvgIpc) is 2.81. The first-order valence-corrected chi connectivity index (χ1v) is 10.6. The minimum Gasteiger partial charge on any atom is -0.470 e. The second-order valence-corrected chi connectivity index (χ2v) is 9.18. The number of nitrogens with zero attached hydrogens (tertiary/aromatic N) is 4. The van der Waals surface area contributed by atoms with Crippen molar-refractivity contribution in [1.29, 1.82) is 5.26 Å². The van der Waals surface area contributed by atoms with Gasteiger partial charge in [-0.1, -0.05) is 0 Å². The summed E-state index contributed by atoms with van der Waals surface area (Å²) in [5.41, 5.74) is -1.29. The van der Waals surface area contributed by atoms with Crippen molar-refractivity contribution >= 4 is 16.0 Å². The monoisotopic (exact) mass is 397 g/mol. The van der Waals surface area contributed by atoms with Crippen LogP contribution in [0.2, 0.25) is 0 Å². The molecule has 1 saturated carbocycles. The normalized spacial score (nSPS) is 30.2. The van der Waals surface area contributed by atoms with E-state index in [0.29, 0.717) is 25.9 Å². The van der Waals surface area contributed by atoms with Crippen molar-refractivity contribution in [2.24, 2.45) is 0 Å². The molecule has 2 heterocycles. The molecule has 9 nitrogen and oxygen atoms in total. The summed E-state index contributed by atoms with van der Waals surface area (Å²) in [6.45, 7) is 2.30. The first kappa shape index (κ1) is 17.2. The fourth-order valence-electron chi connectivity index (χ4n) is 3.21. The van der Waals surface area contributed by atoms with Crippen molar-refractivity contribution in [3.05, 3.63) is 11.8 Å². The average molecular weight is 397 g/mol. The van der Waals surface area contributed by atoms with Crippen LogP contribution in [0.25, 0.3) is 0 Å². The highest BCUT2D eigenvalue weighted by molar-refractivity contribution is 7.88. The number of sulfonamides is 1. The van der Waals surface area contributed by atoms with Gasteiger partial charge in [0.15, 0.2) is 0 Å². The Morgan fingerprint density at radius 3 is 2.74 bits per heavy atom. The molecule has 1 saturated heterocycles. The van der Waals surface area contributed by atoms with Gasteiger partial charge < -0.3 is 15.2 Å². The lowest BCUT2D eigenvalue weighted by atomic mass is 10.0. The Balaban J connectivity index is 1.71. The fourth-order valence-corrected chi connectivity index (χ4v) is 4.08. The second-order valence-electron chi connectivity index (χ2n) is 7.20. The summed E-state index contributed by atoms with van der Waals surface area (Å²) < 4.78 is 46.2. The molecule has 148 valence electrons. The van der Waals surface area contributed by atoms with Crippen molar-refractivity contribution in [2.75, 3.05) is 24.7 Å². The number of ether oxygens (including phenoxy) is 1. The molecule has 2 aliphatic rings. The summed E-state index contributed by atoms with van der Waals surface area (Å²) in [6.07, 6.45) is 1.19. The molecule has 10 heteroatoms. The number of hydrogen-bond donors (Lipinski definition) is 2. The standard InChI is InChI=1S/C17H25N5O4S/c1-17(23)7-3-4-14(17)26-15-12(10-18)11-19-16(21-15)20-13-5-8-22(9-6-13)27(2,24)25/h11,13-14,23H,3-9H2,1-2H3,(H,19,20,21)/t14-,17+/m0/s1/i3D2. The number of nitrogens with one attached hydrogen (secondary N) is 1. The van der Waals surface area contributed by atoms with Gasteiger partial charge in [0.1, 0.15) is 17.7 Å². The number of rotatable bonds is 5. The van der Waals surface area contributed by atoms with Crippen LogP contribution >= 0.6 is 0 Å². The van der Waals surface area contributed by atoms with E-state index in [1.54, 1.807) is 0 Å². The molecule has 0 bridgehead atoms.